The van der Waals surface area contributed by atoms with E-state index in [-0.39, 0.29) is 0 Å². The molecule has 0 saturated carbocycles. The number of ether oxygens (including phenoxy) is 1. The fourth-order valence-corrected chi connectivity index (χ4v) is 2.45. The van der Waals surface area contributed by atoms with Crippen LogP contribution < -0.4 is 10.5 Å². The first-order chi connectivity index (χ1) is 9.74. The largest absolute Gasteiger partial charge is 0.497 e. The summed E-state index contributed by atoms with van der Waals surface area (Å²) in [6.45, 7) is 2.50. The van der Waals surface area contributed by atoms with Crippen LogP contribution in [0.2, 0.25) is 0 Å². The maximum absolute atomic E-state index is 5.93. The summed E-state index contributed by atoms with van der Waals surface area (Å²) in [6.07, 6.45) is 2.00. The molecule has 2 N–H and O–H groups in total. The van der Waals surface area contributed by atoms with Gasteiger partial charge in [0, 0.05) is 18.3 Å². The van der Waals surface area contributed by atoms with Gasteiger partial charge in [-0.1, -0.05) is 18.2 Å². The number of rotatable bonds is 3. The van der Waals surface area contributed by atoms with Crippen molar-refractivity contribution in [1.29, 1.82) is 0 Å². The Bertz CT molecular complexity index is 762. The van der Waals surface area contributed by atoms with Gasteiger partial charge in [-0.05, 0) is 30.7 Å². The minimum absolute atomic E-state index is 0.442. The van der Waals surface area contributed by atoms with Crippen LogP contribution in [0.15, 0.2) is 42.6 Å². The van der Waals surface area contributed by atoms with Gasteiger partial charge in [-0.2, -0.15) is 0 Å². The average molecular weight is 267 g/mol. The highest BCUT2D eigenvalue weighted by molar-refractivity contribution is 5.69. The number of fused-ring (bicyclic) bond motifs is 1. The fraction of sp³-hybridized carbons (Fsp3) is 0.188. The standard InChI is InChI=1S/C16H17N3O/c1-11-5-4-8-19-14(10-17)15(18-16(11)19)12-6-3-7-13(9-12)20-2/h3-9H,10,17H2,1-2H3. The summed E-state index contributed by atoms with van der Waals surface area (Å²) < 4.78 is 7.34. The molecule has 0 saturated heterocycles. The van der Waals surface area contributed by atoms with Gasteiger partial charge in [-0.15, -0.1) is 0 Å². The molecule has 0 aliphatic carbocycles. The summed E-state index contributed by atoms with van der Waals surface area (Å²) in [5, 5.41) is 0. The van der Waals surface area contributed by atoms with Crippen molar-refractivity contribution in [1.82, 2.24) is 9.38 Å². The molecule has 0 atom stereocenters. The molecule has 4 nitrogen and oxygen atoms in total. The van der Waals surface area contributed by atoms with Gasteiger partial charge in [0.1, 0.15) is 11.4 Å². The maximum Gasteiger partial charge on any atom is 0.140 e. The summed E-state index contributed by atoms with van der Waals surface area (Å²) in [4.78, 5) is 4.76. The highest BCUT2D eigenvalue weighted by atomic mass is 16.5. The zero-order valence-corrected chi connectivity index (χ0v) is 11.6. The van der Waals surface area contributed by atoms with Crippen molar-refractivity contribution >= 4 is 5.65 Å². The number of hydrogen-bond acceptors (Lipinski definition) is 3. The highest BCUT2D eigenvalue weighted by Gasteiger charge is 2.14. The van der Waals surface area contributed by atoms with E-state index >= 15 is 0 Å². The van der Waals surface area contributed by atoms with Crippen LogP contribution in [0.1, 0.15) is 11.3 Å². The first kappa shape index (κ1) is 12.7. The van der Waals surface area contributed by atoms with E-state index in [1.807, 2.05) is 36.5 Å². The maximum atomic E-state index is 5.93. The van der Waals surface area contributed by atoms with Crippen LogP contribution in [0.4, 0.5) is 0 Å². The number of aryl methyl sites for hydroxylation is 1. The summed E-state index contributed by atoms with van der Waals surface area (Å²) in [7, 11) is 1.66. The Morgan fingerprint density at radius 3 is 2.85 bits per heavy atom. The average Bonchev–Trinajstić information content (AvgIpc) is 2.87. The Morgan fingerprint density at radius 1 is 1.25 bits per heavy atom. The molecule has 0 amide bonds. The first-order valence-corrected chi connectivity index (χ1v) is 6.55. The molecule has 1 aromatic carbocycles. The summed E-state index contributed by atoms with van der Waals surface area (Å²) in [5.74, 6) is 0.819. The van der Waals surface area contributed by atoms with E-state index in [4.69, 9.17) is 15.5 Å². The molecule has 0 unspecified atom stereocenters. The van der Waals surface area contributed by atoms with Gasteiger partial charge >= 0.3 is 0 Å². The number of benzene rings is 1. The van der Waals surface area contributed by atoms with Gasteiger partial charge in [-0.3, -0.25) is 0 Å². The van der Waals surface area contributed by atoms with E-state index in [1.165, 1.54) is 0 Å². The Hall–Kier alpha value is -2.33. The van der Waals surface area contributed by atoms with Crippen molar-refractivity contribution in [2.45, 2.75) is 13.5 Å². The molecular formula is C16H17N3O. The third-order valence-corrected chi connectivity index (χ3v) is 3.48. The molecule has 3 aromatic rings. The Kier molecular flexibility index (Phi) is 3.16. The van der Waals surface area contributed by atoms with Crippen molar-refractivity contribution in [3.8, 4) is 17.0 Å². The number of methoxy groups -OCH3 is 1. The number of hydrogen-bond donors (Lipinski definition) is 1. The number of pyridine rings is 1. The third kappa shape index (κ3) is 1.94. The summed E-state index contributed by atoms with van der Waals surface area (Å²) in [6, 6.07) is 12.0. The topological polar surface area (TPSA) is 52.5 Å². The molecule has 102 valence electrons. The molecule has 3 rings (SSSR count). The van der Waals surface area contributed by atoms with Gasteiger partial charge in [0.05, 0.1) is 18.5 Å². The lowest BCUT2D eigenvalue weighted by Gasteiger charge is -2.04. The Morgan fingerprint density at radius 2 is 2.10 bits per heavy atom. The van der Waals surface area contributed by atoms with E-state index in [0.717, 1.165) is 33.9 Å². The lowest BCUT2D eigenvalue weighted by molar-refractivity contribution is 0.415. The number of aromatic nitrogens is 2. The van der Waals surface area contributed by atoms with E-state index in [1.54, 1.807) is 7.11 Å². The second-order valence-corrected chi connectivity index (χ2v) is 4.73. The van der Waals surface area contributed by atoms with E-state index in [2.05, 4.69) is 17.4 Å². The van der Waals surface area contributed by atoms with Crippen LogP contribution in [0.25, 0.3) is 16.9 Å². The molecule has 0 aliphatic heterocycles. The normalized spacial score (nSPS) is 10.9. The highest BCUT2D eigenvalue weighted by Crippen LogP contribution is 2.28. The fourth-order valence-electron chi connectivity index (χ4n) is 2.45. The smallest absolute Gasteiger partial charge is 0.140 e. The molecule has 0 aliphatic rings. The lowest BCUT2D eigenvalue weighted by Crippen LogP contribution is -2.02. The van der Waals surface area contributed by atoms with Crippen LogP contribution in [0.3, 0.4) is 0 Å². The SMILES string of the molecule is COc1cccc(-c2nc3c(C)cccn3c2CN)c1. The summed E-state index contributed by atoms with van der Waals surface area (Å²) >= 11 is 0. The lowest BCUT2D eigenvalue weighted by atomic mass is 10.1. The van der Waals surface area contributed by atoms with Crippen LogP contribution in [-0.4, -0.2) is 16.5 Å². The molecule has 4 heteroatoms. The van der Waals surface area contributed by atoms with Crippen molar-refractivity contribution in [2.24, 2.45) is 5.73 Å². The minimum Gasteiger partial charge on any atom is -0.497 e. The summed E-state index contributed by atoms with van der Waals surface area (Å²) in [5.41, 5.74) is 11.0. The number of imidazole rings is 1. The molecule has 0 radical (unpaired) electrons. The quantitative estimate of drug-likeness (QED) is 0.794. The van der Waals surface area contributed by atoms with E-state index < -0.39 is 0 Å². The van der Waals surface area contributed by atoms with E-state index in [9.17, 15) is 0 Å². The molecule has 0 bridgehead atoms. The number of nitrogens with zero attached hydrogens (tertiary/aromatic N) is 2. The number of nitrogens with two attached hydrogens (primary N) is 1. The monoisotopic (exact) mass is 267 g/mol. The molecule has 2 heterocycles. The predicted octanol–water partition coefficient (Wildman–Crippen LogP) is 2.78. The second kappa shape index (κ2) is 4.98. The van der Waals surface area contributed by atoms with Gasteiger partial charge in [0.25, 0.3) is 0 Å². The van der Waals surface area contributed by atoms with Crippen LogP contribution >= 0.6 is 0 Å². The molecule has 0 spiro atoms. The van der Waals surface area contributed by atoms with Gasteiger partial charge in [-0.25, -0.2) is 4.98 Å². The van der Waals surface area contributed by atoms with Crippen molar-refractivity contribution in [3.05, 3.63) is 53.9 Å². The molecule has 20 heavy (non-hydrogen) atoms. The molecule has 0 fully saturated rings. The van der Waals surface area contributed by atoms with Crippen molar-refractivity contribution < 1.29 is 4.74 Å². The van der Waals surface area contributed by atoms with Crippen molar-refractivity contribution in [3.63, 3.8) is 0 Å². The second-order valence-electron chi connectivity index (χ2n) is 4.73. The van der Waals surface area contributed by atoms with Crippen LogP contribution in [0.5, 0.6) is 5.75 Å². The van der Waals surface area contributed by atoms with Gasteiger partial charge < -0.3 is 14.9 Å². The zero-order valence-electron chi connectivity index (χ0n) is 11.6. The molecular weight excluding hydrogens is 250 g/mol. The molecule has 2 aromatic heterocycles. The van der Waals surface area contributed by atoms with Gasteiger partial charge in [0.15, 0.2) is 0 Å². The first-order valence-electron chi connectivity index (χ1n) is 6.55. The van der Waals surface area contributed by atoms with Gasteiger partial charge in [0.2, 0.25) is 0 Å². The van der Waals surface area contributed by atoms with Crippen molar-refractivity contribution in [2.75, 3.05) is 7.11 Å². The Balaban J connectivity index is 2.27. The minimum atomic E-state index is 0.442. The van der Waals surface area contributed by atoms with E-state index in [0.29, 0.717) is 6.54 Å². The van der Waals surface area contributed by atoms with Crippen LogP contribution in [0, 0.1) is 6.92 Å². The Labute approximate surface area is 117 Å². The predicted molar refractivity (Wildman–Crippen MR) is 79.8 cm³/mol. The third-order valence-electron chi connectivity index (χ3n) is 3.48. The zero-order chi connectivity index (χ0) is 14.1. The van der Waals surface area contributed by atoms with Crippen LogP contribution in [-0.2, 0) is 6.54 Å².